The molecule has 2 aliphatic heterocycles. The first-order chi connectivity index (χ1) is 13.6. The van der Waals surface area contributed by atoms with Crippen LogP contribution < -0.4 is 10.6 Å². The van der Waals surface area contributed by atoms with Gasteiger partial charge >= 0.3 is 6.03 Å². The van der Waals surface area contributed by atoms with Crippen LogP contribution in [0.2, 0.25) is 0 Å². The molecule has 0 aromatic carbocycles. The Morgan fingerprint density at radius 3 is 2.41 bits per heavy atom. The Labute approximate surface area is 171 Å². The van der Waals surface area contributed by atoms with E-state index in [0.29, 0.717) is 12.8 Å². The Morgan fingerprint density at radius 2 is 1.83 bits per heavy atom. The van der Waals surface area contributed by atoms with Crippen molar-refractivity contribution in [3.05, 3.63) is 0 Å². The number of rotatable bonds is 6. The highest BCUT2D eigenvalue weighted by Gasteiger charge is 2.54. The Hall–Kier alpha value is -1.72. The molecule has 3 atom stereocenters. The number of imide groups is 1. The number of sulfonamides is 1. The van der Waals surface area contributed by atoms with E-state index >= 15 is 0 Å². The lowest BCUT2D eigenvalue weighted by Gasteiger charge is -2.34. The molecule has 3 fully saturated rings. The summed E-state index contributed by atoms with van der Waals surface area (Å²) in [5, 5.41) is 5.29. The van der Waals surface area contributed by atoms with E-state index in [2.05, 4.69) is 10.6 Å². The van der Waals surface area contributed by atoms with Gasteiger partial charge in [0.2, 0.25) is 15.9 Å². The predicted octanol–water partition coefficient (Wildman–Crippen LogP) is -0.205. The molecule has 2 heterocycles. The van der Waals surface area contributed by atoms with Crippen LogP contribution in [0.25, 0.3) is 0 Å². The molecule has 3 unspecified atom stereocenters. The van der Waals surface area contributed by atoms with E-state index in [9.17, 15) is 22.8 Å². The Kier molecular flexibility index (Phi) is 6.21. The summed E-state index contributed by atoms with van der Waals surface area (Å²) >= 11 is 0. The number of urea groups is 1. The first kappa shape index (κ1) is 22.0. The number of nitrogens with one attached hydrogen (secondary N) is 2. The summed E-state index contributed by atoms with van der Waals surface area (Å²) in [6.45, 7) is 5.57. The lowest BCUT2D eigenvalue weighted by atomic mass is 9.97. The fourth-order valence-corrected chi connectivity index (χ4v) is 5.86. The van der Waals surface area contributed by atoms with Gasteiger partial charge in [0.05, 0.1) is 18.0 Å². The molecular weight excluding hydrogens is 400 g/mol. The summed E-state index contributed by atoms with van der Waals surface area (Å²) in [5.41, 5.74) is -0.876. The van der Waals surface area contributed by atoms with Gasteiger partial charge in [-0.05, 0) is 33.6 Å². The highest BCUT2D eigenvalue weighted by Crippen LogP contribution is 2.35. The predicted molar refractivity (Wildman–Crippen MR) is 104 cm³/mol. The van der Waals surface area contributed by atoms with E-state index in [4.69, 9.17) is 4.74 Å². The molecule has 0 aromatic heterocycles. The van der Waals surface area contributed by atoms with Gasteiger partial charge < -0.3 is 15.4 Å². The third kappa shape index (κ3) is 4.41. The first-order valence-electron chi connectivity index (χ1n) is 10.1. The van der Waals surface area contributed by atoms with Gasteiger partial charge in [-0.3, -0.25) is 9.59 Å². The standard InChI is InChI=1S/C18H30N4O6S/c1-12-10-21(11-13(2)28-12)29(26,27)9-8-19-15(23)14(3)22-16(24)18(20-17(22)25)6-4-5-7-18/h12-14H,4-11H2,1-3H3,(H,19,23)(H,20,25). The van der Waals surface area contributed by atoms with Crippen LogP contribution in [0.4, 0.5) is 4.79 Å². The van der Waals surface area contributed by atoms with Crippen LogP contribution in [0.3, 0.4) is 0 Å². The fourth-order valence-electron chi connectivity index (χ4n) is 4.37. The molecule has 4 amide bonds. The van der Waals surface area contributed by atoms with E-state index in [0.717, 1.165) is 17.7 Å². The number of morpholine rings is 1. The Balaban J connectivity index is 1.54. The Morgan fingerprint density at radius 1 is 1.24 bits per heavy atom. The van der Waals surface area contributed by atoms with Crippen LogP contribution in [0.15, 0.2) is 0 Å². The Bertz CT molecular complexity index is 769. The van der Waals surface area contributed by atoms with Crippen LogP contribution in [0, 0.1) is 0 Å². The molecule has 29 heavy (non-hydrogen) atoms. The quantitative estimate of drug-likeness (QED) is 0.562. The van der Waals surface area contributed by atoms with Crippen molar-refractivity contribution in [2.75, 3.05) is 25.4 Å². The first-order valence-corrected chi connectivity index (χ1v) is 11.7. The largest absolute Gasteiger partial charge is 0.373 e. The second kappa shape index (κ2) is 8.19. The van der Waals surface area contributed by atoms with Gasteiger partial charge in [0.15, 0.2) is 0 Å². The number of hydrogen-bond donors (Lipinski definition) is 2. The number of hydrogen-bond acceptors (Lipinski definition) is 6. The highest BCUT2D eigenvalue weighted by atomic mass is 32.2. The van der Waals surface area contributed by atoms with Crippen molar-refractivity contribution in [1.29, 1.82) is 0 Å². The summed E-state index contributed by atoms with van der Waals surface area (Å²) < 4.78 is 32.0. The SMILES string of the molecule is CC1CN(S(=O)(=O)CCNC(=O)C(C)N2C(=O)NC3(CCCC3)C2=O)CC(C)O1. The van der Waals surface area contributed by atoms with Crippen molar-refractivity contribution in [1.82, 2.24) is 19.8 Å². The number of amides is 4. The average molecular weight is 431 g/mol. The lowest BCUT2D eigenvalue weighted by molar-refractivity contribution is -0.137. The molecule has 10 nitrogen and oxygen atoms in total. The summed E-state index contributed by atoms with van der Waals surface area (Å²) in [7, 11) is -3.55. The zero-order valence-corrected chi connectivity index (χ0v) is 18.0. The molecular formula is C18H30N4O6S. The van der Waals surface area contributed by atoms with Crippen molar-refractivity contribution in [2.24, 2.45) is 0 Å². The number of nitrogens with zero attached hydrogens (tertiary/aromatic N) is 2. The van der Waals surface area contributed by atoms with Crippen molar-refractivity contribution < 1.29 is 27.5 Å². The van der Waals surface area contributed by atoms with Gasteiger partial charge in [0.25, 0.3) is 5.91 Å². The van der Waals surface area contributed by atoms with Crippen LogP contribution in [0.5, 0.6) is 0 Å². The molecule has 3 aliphatic rings. The molecule has 1 saturated carbocycles. The third-order valence-corrected chi connectivity index (χ3v) is 7.66. The molecule has 11 heteroatoms. The zero-order chi connectivity index (χ0) is 21.4. The maximum absolute atomic E-state index is 12.7. The van der Waals surface area contributed by atoms with Crippen molar-refractivity contribution in [3.8, 4) is 0 Å². The smallest absolute Gasteiger partial charge is 0.325 e. The van der Waals surface area contributed by atoms with Crippen LogP contribution in [-0.4, -0.2) is 84.6 Å². The zero-order valence-electron chi connectivity index (χ0n) is 17.1. The molecule has 0 bridgehead atoms. The minimum absolute atomic E-state index is 0.0968. The normalized spacial score (nSPS) is 28.6. The molecule has 1 spiro atoms. The molecule has 2 N–H and O–H groups in total. The fraction of sp³-hybridized carbons (Fsp3) is 0.833. The second-order valence-corrected chi connectivity index (χ2v) is 10.3. The van der Waals surface area contributed by atoms with Gasteiger partial charge in [-0.15, -0.1) is 0 Å². The molecule has 2 saturated heterocycles. The van der Waals surface area contributed by atoms with Crippen molar-refractivity contribution >= 4 is 27.9 Å². The van der Waals surface area contributed by atoms with Crippen molar-refractivity contribution in [3.63, 3.8) is 0 Å². The van der Waals surface area contributed by atoms with E-state index in [-0.39, 0.29) is 43.5 Å². The van der Waals surface area contributed by atoms with Gasteiger partial charge in [-0.2, -0.15) is 4.31 Å². The minimum Gasteiger partial charge on any atom is -0.373 e. The van der Waals surface area contributed by atoms with E-state index in [1.54, 1.807) is 0 Å². The van der Waals surface area contributed by atoms with Crippen LogP contribution in [-0.2, 0) is 24.3 Å². The number of carbonyl (C=O) groups is 3. The number of carbonyl (C=O) groups excluding carboxylic acids is 3. The maximum Gasteiger partial charge on any atom is 0.325 e. The van der Waals surface area contributed by atoms with Crippen molar-refractivity contribution in [2.45, 2.75) is 70.2 Å². The van der Waals surface area contributed by atoms with E-state index < -0.39 is 33.5 Å². The summed E-state index contributed by atoms with van der Waals surface area (Å²) in [5.74, 6) is -1.18. The summed E-state index contributed by atoms with van der Waals surface area (Å²) in [6, 6.07) is -1.57. The van der Waals surface area contributed by atoms with E-state index in [1.165, 1.54) is 11.2 Å². The van der Waals surface area contributed by atoms with Crippen LogP contribution >= 0.6 is 0 Å². The molecule has 0 radical (unpaired) electrons. The van der Waals surface area contributed by atoms with E-state index in [1.807, 2.05) is 13.8 Å². The van der Waals surface area contributed by atoms with Crippen LogP contribution in [0.1, 0.15) is 46.5 Å². The van der Waals surface area contributed by atoms with Gasteiger partial charge in [0.1, 0.15) is 11.6 Å². The lowest BCUT2D eigenvalue weighted by Crippen LogP contribution is -2.52. The van der Waals surface area contributed by atoms with Gasteiger partial charge in [-0.1, -0.05) is 12.8 Å². The number of ether oxygens (including phenoxy) is 1. The molecule has 164 valence electrons. The summed E-state index contributed by atoms with van der Waals surface area (Å²) in [4.78, 5) is 38.5. The summed E-state index contributed by atoms with van der Waals surface area (Å²) in [6.07, 6.45) is 2.50. The second-order valence-electron chi connectivity index (χ2n) is 8.25. The molecule has 0 aromatic rings. The van der Waals surface area contributed by atoms with Gasteiger partial charge in [0, 0.05) is 19.6 Å². The van der Waals surface area contributed by atoms with Gasteiger partial charge in [-0.25, -0.2) is 18.1 Å². The molecule has 3 rings (SSSR count). The maximum atomic E-state index is 12.7. The molecule has 1 aliphatic carbocycles. The highest BCUT2D eigenvalue weighted by molar-refractivity contribution is 7.89. The third-order valence-electron chi connectivity index (χ3n) is 5.86. The minimum atomic E-state index is -3.55. The monoisotopic (exact) mass is 430 g/mol. The topological polar surface area (TPSA) is 125 Å². The average Bonchev–Trinajstić information content (AvgIpc) is 3.18.